The van der Waals surface area contributed by atoms with E-state index < -0.39 is 0 Å². The lowest BCUT2D eigenvalue weighted by atomic mass is 10.4. The fourth-order valence-electron chi connectivity index (χ4n) is 0.567. The Balaban J connectivity index is 2.86. The Hall–Kier alpha value is -1.32. The summed E-state index contributed by atoms with van der Waals surface area (Å²) >= 11 is 0. The molecule has 0 aromatic carbocycles. The minimum Gasteiger partial charge on any atom is -0.402 e. The summed E-state index contributed by atoms with van der Waals surface area (Å²) < 4.78 is 4.76. The van der Waals surface area contributed by atoms with Crippen molar-refractivity contribution in [1.82, 2.24) is 10.1 Å². The monoisotopic (exact) mass is 139 g/mol. The standard InChI is InChI=1S/C6H9N3O/c1-4(7)3-6-8-5(2)9-10-6/h3H,7H2,1-2H3/b4-3+. The van der Waals surface area contributed by atoms with Crippen LogP contribution < -0.4 is 5.73 Å². The third kappa shape index (κ3) is 1.58. The van der Waals surface area contributed by atoms with Gasteiger partial charge in [0.15, 0.2) is 5.82 Å². The molecule has 54 valence electrons. The van der Waals surface area contributed by atoms with E-state index in [0.29, 0.717) is 17.4 Å². The molecule has 0 unspecified atom stereocenters. The van der Waals surface area contributed by atoms with Crippen LogP contribution >= 0.6 is 0 Å². The molecule has 0 bridgehead atoms. The number of allylic oxidation sites excluding steroid dienone is 1. The summed E-state index contributed by atoms with van der Waals surface area (Å²) in [6.45, 7) is 3.52. The molecular formula is C6H9N3O. The van der Waals surface area contributed by atoms with Crippen molar-refractivity contribution >= 4 is 6.08 Å². The molecule has 0 fully saturated rings. The van der Waals surface area contributed by atoms with Gasteiger partial charge in [-0.2, -0.15) is 4.98 Å². The van der Waals surface area contributed by atoms with Gasteiger partial charge in [0.1, 0.15) is 0 Å². The van der Waals surface area contributed by atoms with Crippen LogP contribution in [0.25, 0.3) is 6.08 Å². The Morgan fingerprint density at radius 2 is 2.40 bits per heavy atom. The predicted molar refractivity (Wildman–Crippen MR) is 36.9 cm³/mol. The maximum atomic E-state index is 5.37. The van der Waals surface area contributed by atoms with Gasteiger partial charge in [0.05, 0.1) is 0 Å². The molecule has 0 aliphatic rings. The highest BCUT2D eigenvalue weighted by atomic mass is 16.5. The lowest BCUT2D eigenvalue weighted by Crippen LogP contribution is -1.89. The first-order valence-corrected chi connectivity index (χ1v) is 2.92. The van der Waals surface area contributed by atoms with E-state index in [4.69, 9.17) is 10.3 Å². The van der Waals surface area contributed by atoms with E-state index in [-0.39, 0.29) is 0 Å². The van der Waals surface area contributed by atoms with Crippen LogP contribution in [0.15, 0.2) is 10.2 Å². The molecule has 0 saturated carbocycles. The molecule has 1 rings (SSSR count). The van der Waals surface area contributed by atoms with Crippen molar-refractivity contribution in [2.45, 2.75) is 13.8 Å². The van der Waals surface area contributed by atoms with E-state index in [0.717, 1.165) is 0 Å². The van der Waals surface area contributed by atoms with Gasteiger partial charge in [-0.3, -0.25) is 0 Å². The molecular weight excluding hydrogens is 130 g/mol. The maximum absolute atomic E-state index is 5.37. The highest BCUT2D eigenvalue weighted by Gasteiger charge is 1.96. The lowest BCUT2D eigenvalue weighted by Gasteiger charge is -1.82. The smallest absolute Gasteiger partial charge is 0.252 e. The van der Waals surface area contributed by atoms with Gasteiger partial charge in [-0.25, -0.2) is 0 Å². The molecule has 0 aliphatic heterocycles. The molecule has 0 radical (unpaired) electrons. The Labute approximate surface area is 58.7 Å². The van der Waals surface area contributed by atoms with Crippen LogP contribution in [0.3, 0.4) is 0 Å². The van der Waals surface area contributed by atoms with E-state index >= 15 is 0 Å². The first-order valence-electron chi connectivity index (χ1n) is 2.92. The third-order valence-electron chi connectivity index (χ3n) is 0.894. The molecule has 0 saturated heterocycles. The van der Waals surface area contributed by atoms with E-state index in [1.807, 2.05) is 0 Å². The van der Waals surface area contributed by atoms with Gasteiger partial charge in [0.25, 0.3) is 5.89 Å². The molecule has 0 spiro atoms. The number of nitrogens with zero attached hydrogens (tertiary/aromatic N) is 2. The first kappa shape index (κ1) is 6.80. The number of hydrogen-bond donors (Lipinski definition) is 1. The van der Waals surface area contributed by atoms with Crippen LogP contribution in [-0.2, 0) is 0 Å². The fourth-order valence-corrected chi connectivity index (χ4v) is 0.567. The second-order valence-electron chi connectivity index (χ2n) is 2.07. The molecule has 4 heteroatoms. The topological polar surface area (TPSA) is 64.9 Å². The van der Waals surface area contributed by atoms with Gasteiger partial charge in [-0.1, -0.05) is 5.16 Å². The average Bonchev–Trinajstić information content (AvgIpc) is 2.13. The second kappa shape index (κ2) is 2.51. The Kier molecular flexibility index (Phi) is 1.71. The molecule has 2 N–H and O–H groups in total. The normalized spacial score (nSPS) is 12.0. The SMILES string of the molecule is C/C(N)=C\c1nc(C)no1. The van der Waals surface area contributed by atoms with Crippen molar-refractivity contribution in [1.29, 1.82) is 0 Å². The quantitative estimate of drug-likeness (QED) is 0.621. The Morgan fingerprint density at radius 3 is 2.80 bits per heavy atom. The summed E-state index contributed by atoms with van der Waals surface area (Å²) in [6.07, 6.45) is 1.62. The minimum atomic E-state index is 0.456. The van der Waals surface area contributed by atoms with Gasteiger partial charge >= 0.3 is 0 Å². The fraction of sp³-hybridized carbons (Fsp3) is 0.333. The highest BCUT2D eigenvalue weighted by molar-refractivity contribution is 5.40. The lowest BCUT2D eigenvalue weighted by molar-refractivity contribution is 0.405. The van der Waals surface area contributed by atoms with Gasteiger partial charge in [0.2, 0.25) is 0 Å². The van der Waals surface area contributed by atoms with Crippen LogP contribution in [0.5, 0.6) is 0 Å². The second-order valence-corrected chi connectivity index (χ2v) is 2.07. The zero-order valence-corrected chi connectivity index (χ0v) is 5.96. The summed E-state index contributed by atoms with van der Waals surface area (Å²) in [5, 5.41) is 3.58. The number of aryl methyl sites for hydroxylation is 1. The van der Waals surface area contributed by atoms with Crippen LogP contribution in [0.4, 0.5) is 0 Å². The van der Waals surface area contributed by atoms with E-state index in [9.17, 15) is 0 Å². The summed E-state index contributed by atoms with van der Waals surface area (Å²) in [6, 6.07) is 0. The van der Waals surface area contributed by atoms with Crippen molar-refractivity contribution in [2.75, 3.05) is 0 Å². The molecule has 0 amide bonds. The first-order chi connectivity index (χ1) is 4.68. The zero-order chi connectivity index (χ0) is 7.56. The van der Waals surface area contributed by atoms with Crippen LogP contribution in [0, 0.1) is 6.92 Å². The zero-order valence-electron chi connectivity index (χ0n) is 5.96. The molecule has 1 aromatic rings. The summed E-state index contributed by atoms with van der Waals surface area (Å²) in [5.74, 6) is 1.07. The minimum absolute atomic E-state index is 0.456. The van der Waals surface area contributed by atoms with Crippen LogP contribution in [0.1, 0.15) is 18.6 Å². The molecule has 1 heterocycles. The van der Waals surface area contributed by atoms with Gasteiger partial charge in [-0.05, 0) is 13.8 Å². The number of rotatable bonds is 1. The van der Waals surface area contributed by atoms with E-state index in [1.54, 1.807) is 19.9 Å². The number of aromatic nitrogens is 2. The molecule has 0 aliphatic carbocycles. The highest BCUT2D eigenvalue weighted by Crippen LogP contribution is 1.99. The van der Waals surface area contributed by atoms with Crippen molar-refractivity contribution < 1.29 is 4.52 Å². The van der Waals surface area contributed by atoms with E-state index in [2.05, 4.69) is 10.1 Å². The Morgan fingerprint density at radius 1 is 1.70 bits per heavy atom. The number of hydrogen-bond acceptors (Lipinski definition) is 4. The molecule has 0 atom stereocenters. The van der Waals surface area contributed by atoms with Crippen molar-refractivity contribution in [2.24, 2.45) is 5.73 Å². The Bertz CT molecular complexity index is 247. The van der Waals surface area contributed by atoms with Gasteiger partial charge in [0, 0.05) is 11.8 Å². The van der Waals surface area contributed by atoms with Gasteiger partial charge < -0.3 is 10.3 Å². The van der Waals surface area contributed by atoms with Crippen molar-refractivity contribution in [3.63, 3.8) is 0 Å². The molecule has 1 aromatic heterocycles. The van der Waals surface area contributed by atoms with Crippen LogP contribution in [0.2, 0.25) is 0 Å². The third-order valence-corrected chi connectivity index (χ3v) is 0.894. The predicted octanol–water partition coefficient (Wildman–Crippen LogP) is 0.698. The van der Waals surface area contributed by atoms with E-state index in [1.165, 1.54) is 0 Å². The molecule has 10 heavy (non-hydrogen) atoms. The van der Waals surface area contributed by atoms with Crippen molar-refractivity contribution in [3.8, 4) is 0 Å². The van der Waals surface area contributed by atoms with Gasteiger partial charge in [-0.15, -0.1) is 0 Å². The maximum Gasteiger partial charge on any atom is 0.252 e. The summed E-state index contributed by atoms with van der Waals surface area (Å²) in [4.78, 5) is 3.92. The molecule has 4 nitrogen and oxygen atoms in total. The van der Waals surface area contributed by atoms with Crippen LogP contribution in [-0.4, -0.2) is 10.1 Å². The number of nitrogens with two attached hydrogens (primary N) is 1. The summed E-state index contributed by atoms with van der Waals surface area (Å²) in [5.41, 5.74) is 6.02. The largest absolute Gasteiger partial charge is 0.402 e. The van der Waals surface area contributed by atoms with Crippen molar-refractivity contribution in [3.05, 3.63) is 17.4 Å². The average molecular weight is 139 g/mol. The summed E-state index contributed by atoms with van der Waals surface area (Å²) in [7, 11) is 0.